The van der Waals surface area contributed by atoms with Crippen LogP contribution in [0.25, 0.3) is 5.69 Å². The Kier molecular flexibility index (Phi) is 5.16. The number of hydrogen-bond acceptors (Lipinski definition) is 4. The molecular formula is C23H24N2O4. The molecule has 3 aromatic rings. The van der Waals surface area contributed by atoms with Gasteiger partial charge >= 0.3 is 5.97 Å². The molecule has 29 heavy (non-hydrogen) atoms. The number of aromatic carboxylic acids is 1. The summed E-state index contributed by atoms with van der Waals surface area (Å²) in [5.41, 5.74) is 1.85. The van der Waals surface area contributed by atoms with Crippen LogP contribution in [0.1, 0.15) is 24.2 Å². The van der Waals surface area contributed by atoms with Crippen LogP contribution >= 0.6 is 0 Å². The van der Waals surface area contributed by atoms with Gasteiger partial charge in [0, 0.05) is 12.4 Å². The Morgan fingerprint density at radius 2 is 1.66 bits per heavy atom. The van der Waals surface area contributed by atoms with Crippen molar-refractivity contribution in [1.29, 1.82) is 0 Å². The fourth-order valence-electron chi connectivity index (χ4n) is 3.48. The average Bonchev–Trinajstić information content (AvgIpc) is 3.19. The van der Waals surface area contributed by atoms with E-state index < -0.39 is 5.97 Å². The highest BCUT2D eigenvalue weighted by Crippen LogP contribution is 2.32. The first-order valence-corrected chi connectivity index (χ1v) is 9.69. The van der Waals surface area contributed by atoms with Gasteiger partial charge < -0.3 is 24.0 Å². The minimum absolute atomic E-state index is 0.0536. The smallest absolute Gasteiger partial charge is 0.337 e. The summed E-state index contributed by atoms with van der Waals surface area (Å²) in [7, 11) is 0. The molecule has 0 spiro atoms. The molecule has 6 heteroatoms. The standard InChI is InChI=1S/C23H24N2O4/c1-16(2)28-17-8-10-18(11-9-17)29-19-14-25(15-19)21-7-5-6-20(23(26)27)22(21)24-12-3-4-13-24/h3-13,16,19H,14-15H2,1-2H3,(H,26,27). The molecule has 1 N–H and O–H groups in total. The van der Waals surface area contributed by atoms with Crippen molar-refractivity contribution in [3.8, 4) is 17.2 Å². The lowest BCUT2D eigenvalue weighted by Gasteiger charge is -2.41. The van der Waals surface area contributed by atoms with Crippen LogP contribution in [0, 0.1) is 0 Å². The lowest BCUT2D eigenvalue weighted by Crippen LogP contribution is -2.54. The molecule has 2 heterocycles. The first-order valence-electron chi connectivity index (χ1n) is 9.69. The largest absolute Gasteiger partial charge is 0.491 e. The van der Waals surface area contributed by atoms with Crippen molar-refractivity contribution in [2.45, 2.75) is 26.1 Å². The summed E-state index contributed by atoms with van der Waals surface area (Å²) in [5, 5.41) is 9.62. The molecule has 0 amide bonds. The Morgan fingerprint density at radius 3 is 2.28 bits per heavy atom. The second-order valence-corrected chi connectivity index (χ2v) is 7.35. The minimum atomic E-state index is -0.937. The number of benzene rings is 2. The van der Waals surface area contributed by atoms with Crippen LogP contribution in [0.3, 0.4) is 0 Å². The van der Waals surface area contributed by atoms with Crippen molar-refractivity contribution < 1.29 is 19.4 Å². The molecule has 0 bridgehead atoms. The number of para-hydroxylation sites is 1. The molecule has 2 aromatic carbocycles. The van der Waals surface area contributed by atoms with Crippen molar-refractivity contribution in [2.24, 2.45) is 0 Å². The van der Waals surface area contributed by atoms with Gasteiger partial charge in [-0.15, -0.1) is 0 Å². The van der Waals surface area contributed by atoms with E-state index in [0.29, 0.717) is 18.8 Å². The molecule has 1 saturated heterocycles. The van der Waals surface area contributed by atoms with Gasteiger partial charge in [-0.1, -0.05) is 6.07 Å². The molecule has 6 nitrogen and oxygen atoms in total. The molecule has 0 unspecified atom stereocenters. The molecule has 1 aromatic heterocycles. The highest BCUT2D eigenvalue weighted by molar-refractivity contribution is 5.95. The highest BCUT2D eigenvalue weighted by atomic mass is 16.5. The lowest BCUT2D eigenvalue weighted by atomic mass is 10.1. The molecular weight excluding hydrogens is 368 g/mol. The number of anilines is 1. The normalized spacial score (nSPS) is 14.0. The van der Waals surface area contributed by atoms with Crippen molar-refractivity contribution in [1.82, 2.24) is 4.57 Å². The number of carboxylic acids is 1. The first kappa shape index (κ1) is 18.9. The van der Waals surface area contributed by atoms with Gasteiger partial charge in [0.2, 0.25) is 0 Å². The van der Waals surface area contributed by atoms with Gasteiger partial charge in [-0.3, -0.25) is 0 Å². The van der Waals surface area contributed by atoms with Crippen LogP contribution in [0.4, 0.5) is 5.69 Å². The summed E-state index contributed by atoms with van der Waals surface area (Å²) in [4.78, 5) is 13.9. The van der Waals surface area contributed by atoms with E-state index in [2.05, 4.69) is 4.90 Å². The van der Waals surface area contributed by atoms with Gasteiger partial charge in [0.15, 0.2) is 0 Å². The third-order valence-corrected chi connectivity index (χ3v) is 4.79. The number of nitrogens with zero attached hydrogens (tertiary/aromatic N) is 2. The summed E-state index contributed by atoms with van der Waals surface area (Å²) >= 11 is 0. The van der Waals surface area contributed by atoms with Crippen molar-refractivity contribution in [3.05, 3.63) is 72.6 Å². The summed E-state index contributed by atoms with van der Waals surface area (Å²) in [6, 6.07) is 16.8. The minimum Gasteiger partial charge on any atom is -0.491 e. The van der Waals surface area contributed by atoms with Gasteiger partial charge in [0.25, 0.3) is 0 Å². The van der Waals surface area contributed by atoms with E-state index in [1.54, 1.807) is 12.1 Å². The zero-order valence-electron chi connectivity index (χ0n) is 16.5. The topological polar surface area (TPSA) is 63.9 Å². The summed E-state index contributed by atoms with van der Waals surface area (Å²) in [6.45, 7) is 5.38. The molecule has 1 aliphatic heterocycles. The van der Waals surface area contributed by atoms with E-state index in [1.807, 2.05) is 73.3 Å². The average molecular weight is 392 g/mol. The zero-order valence-corrected chi connectivity index (χ0v) is 16.5. The zero-order chi connectivity index (χ0) is 20.4. The van der Waals surface area contributed by atoms with E-state index in [9.17, 15) is 9.90 Å². The van der Waals surface area contributed by atoms with Crippen LogP contribution in [-0.2, 0) is 0 Å². The van der Waals surface area contributed by atoms with E-state index >= 15 is 0 Å². The number of hydrogen-bond donors (Lipinski definition) is 1. The molecule has 150 valence electrons. The van der Waals surface area contributed by atoms with Gasteiger partial charge in [-0.05, 0) is 62.4 Å². The van der Waals surface area contributed by atoms with Crippen LogP contribution in [0.15, 0.2) is 67.0 Å². The Balaban J connectivity index is 1.46. The number of rotatable bonds is 7. The molecule has 1 fully saturated rings. The predicted molar refractivity (Wildman–Crippen MR) is 112 cm³/mol. The maximum atomic E-state index is 11.7. The Labute approximate surface area is 169 Å². The van der Waals surface area contributed by atoms with E-state index in [4.69, 9.17) is 9.47 Å². The number of carboxylic acid groups (broad SMARTS) is 1. The molecule has 4 rings (SSSR count). The van der Waals surface area contributed by atoms with Gasteiger partial charge in [0.1, 0.15) is 17.6 Å². The van der Waals surface area contributed by atoms with Gasteiger partial charge in [0.05, 0.1) is 36.1 Å². The predicted octanol–water partition coefficient (Wildman–Crippen LogP) is 4.23. The van der Waals surface area contributed by atoms with Crippen molar-refractivity contribution in [3.63, 3.8) is 0 Å². The van der Waals surface area contributed by atoms with Crippen LogP contribution in [-0.4, -0.2) is 40.9 Å². The van der Waals surface area contributed by atoms with Gasteiger partial charge in [-0.2, -0.15) is 0 Å². The van der Waals surface area contributed by atoms with Crippen molar-refractivity contribution >= 4 is 11.7 Å². The van der Waals surface area contributed by atoms with Crippen molar-refractivity contribution in [2.75, 3.05) is 18.0 Å². The van der Waals surface area contributed by atoms with E-state index in [1.165, 1.54) is 0 Å². The van der Waals surface area contributed by atoms with Gasteiger partial charge in [-0.25, -0.2) is 4.79 Å². The Bertz CT molecular complexity index is 975. The number of ether oxygens (including phenoxy) is 2. The summed E-state index contributed by atoms with van der Waals surface area (Å²) < 4.78 is 13.6. The molecule has 0 atom stereocenters. The van der Waals surface area contributed by atoms with Crippen LogP contribution in [0.5, 0.6) is 11.5 Å². The molecule has 0 saturated carbocycles. The number of aromatic nitrogens is 1. The fourth-order valence-corrected chi connectivity index (χ4v) is 3.48. The second kappa shape index (κ2) is 7.91. The Hall–Kier alpha value is -3.41. The lowest BCUT2D eigenvalue weighted by molar-refractivity contribution is 0.0697. The highest BCUT2D eigenvalue weighted by Gasteiger charge is 2.31. The van der Waals surface area contributed by atoms with Crippen LogP contribution < -0.4 is 14.4 Å². The SMILES string of the molecule is CC(C)Oc1ccc(OC2CN(c3cccc(C(=O)O)c3-n3cccc3)C2)cc1. The maximum absolute atomic E-state index is 11.7. The number of carbonyl (C=O) groups is 1. The quantitative estimate of drug-likeness (QED) is 0.652. The second-order valence-electron chi connectivity index (χ2n) is 7.35. The monoisotopic (exact) mass is 392 g/mol. The maximum Gasteiger partial charge on any atom is 0.337 e. The molecule has 0 aliphatic carbocycles. The summed E-state index contributed by atoms with van der Waals surface area (Å²) in [6.07, 6.45) is 3.91. The molecule has 1 aliphatic rings. The third-order valence-electron chi connectivity index (χ3n) is 4.79. The van der Waals surface area contributed by atoms with E-state index in [-0.39, 0.29) is 17.8 Å². The summed E-state index contributed by atoms with van der Waals surface area (Å²) in [5.74, 6) is 0.688. The van der Waals surface area contributed by atoms with Crippen LogP contribution in [0.2, 0.25) is 0 Å². The van der Waals surface area contributed by atoms with E-state index in [0.717, 1.165) is 17.2 Å². The Morgan fingerprint density at radius 1 is 1.00 bits per heavy atom. The third kappa shape index (κ3) is 4.06. The molecule has 0 radical (unpaired) electrons. The first-order chi connectivity index (χ1) is 14.0. The fraction of sp³-hybridized carbons (Fsp3) is 0.261.